The second-order valence-electron chi connectivity index (χ2n) is 7.89. The number of halogens is 1. The third kappa shape index (κ3) is 4.91. The Morgan fingerprint density at radius 1 is 1.03 bits per heavy atom. The smallest absolute Gasteiger partial charge is 0.253 e. The molecule has 0 saturated carbocycles. The van der Waals surface area contributed by atoms with Crippen LogP contribution in [0, 0.1) is 11.7 Å². The van der Waals surface area contributed by atoms with Crippen LogP contribution in [0.2, 0.25) is 0 Å². The van der Waals surface area contributed by atoms with Gasteiger partial charge in [0.05, 0.1) is 30.0 Å². The third-order valence-corrected chi connectivity index (χ3v) is 5.70. The van der Waals surface area contributed by atoms with E-state index in [4.69, 9.17) is 4.74 Å². The third-order valence-electron chi connectivity index (χ3n) is 5.70. The first kappa shape index (κ1) is 23.0. The van der Waals surface area contributed by atoms with Crippen LogP contribution >= 0.6 is 0 Å². The van der Waals surface area contributed by atoms with E-state index < -0.39 is 17.6 Å². The van der Waals surface area contributed by atoms with E-state index >= 15 is 0 Å². The lowest BCUT2D eigenvalue weighted by Gasteiger charge is -2.18. The Hall–Kier alpha value is -4.20. The van der Waals surface area contributed by atoms with Crippen LogP contribution in [-0.2, 0) is 16.1 Å². The molecule has 8 heteroatoms. The predicted octanol–water partition coefficient (Wildman–Crippen LogP) is 3.76. The van der Waals surface area contributed by atoms with Crippen molar-refractivity contribution in [3.8, 4) is 5.75 Å². The van der Waals surface area contributed by atoms with Crippen LogP contribution in [0.4, 0.5) is 15.8 Å². The molecule has 0 aliphatic carbocycles. The van der Waals surface area contributed by atoms with Crippen molar-refractivity contribution in [1.82, 2.24) is 5.32 Å². The van der Waals surface area contributed by atoms with Gasteiger partial charge < -0.3 is 20.3 Å². The molecule has 0 spiro atoms. The van der Waals surface area contributed by atoms with Gasteiger partial charge >= 0.3 is 0 Å². The number of anilines is 2. The van der Waals surface area contributed by atoms with E-state index in [0.29, 0.717) is 17.0 Å². The molecule has 3 aromatic rings. The van der Waals surface area contributed by atoms with Crippen molar-refractivity contribution in [1.29, 1.82) is 0 Å². The molecule has 1 unspecified atom stereocenters. The SMILES string of the molecule is COc1ccccc1CNC(=O)c1ccccc1NC(=O)C1CC(=O)N(c2ccccc2F)C1. The number of nitrogens with zero attached hydrogens (tertiary/aromatic N) is 1. The molecule has 0 radical (unpaired) electrons. The first-order valence-electron chi connectivity index (χ1n) is 10.8. The minimum Gasteiger partial charge on any atom is -0.496 e. The number of benzene rings is 3. The number of rotatable bonds is 7. The van der Waals surface area contributed by atoms with E-state index in [1.54, 1.807) is 43.5 Å². The minimum absolute atomic E-state index is 0.0394. The first-order chi connectivity index (χ1) is 16.5. The summed E-state index contributed by atoms with van der Waals surface area (Å²) in [6, 6.07) is 20.0. The highest BCUT2D eigenvalue weighted by Gasteiger charge is 2.36. The summed E-state index contributed by atoms with van der Waals surface area (Å²) in [5.41, 5.74) is 1.60. The van der Waals surface area contributed by atoms with Gasteiger partial charge in [0.2, 0.25) is 11.8 Å². The fraction of sp³-hybridized carbons (Fsp3) is 0.192. The number of nitrogens with one attached hydrogen (secondary N) is 2. The van der Waals surface area contributed by atoms with E-state index in [2.05, 4.69) is 10.6 Å². The zero-order chi connectivity index (χ0) is 24.1. The van der Waals surface area contributed by atoms with Crippen LogP contribution in [0.1, 0.15) is 22.3 Å². The summed E-state index contributed by atoms with van der Waals surface area (Å²) in [6.07, 6.45) is -0.0394. The molecular formula is C26H24FN3O4. The highest BCUT2D eigenvalue weighted by Crippen LogP contribution is 2.28. The van der Waals surface area contributed by atoms with Crippen LogP contribution in [0.3, 0.4) is 0 Å². The fourth-order valence-corrected chi connectivity index (χ4v) is 3.93. The Labute approximate surface area is 196 Å². The molecule has 1 fully saturated rings. The number of hydrogen-bond donors (Lipinski definition) is 2. The van der Waals surface area contributed by atoms with Gasteiger partial charge in [0.15, 0.2) is 0 Å². The van der Waals surface area contributed by atoms with E-state index in [1.165, 1.54) is 17.0 Å². The Bertz CT molecular complexity index is 1230. The standard InChI is InChI=1S/C26H24FN3O4/c1-34-23-13-7-2-8-17(23)15-28-26(33)19-9-3-5-11-21(19)29-25(32)18-14-24(31)30(16-18)22-12-6-4-10-20(22)27/h2-13,18H,14-16H2,1H3,(H,28,33)(H,29,32). The van der Waals surface area contributed by atoms with Crippen LogP contribution in [0.25, 0.3) is 0 Å². The van der Waals surface area contributed by atoms with Gasteiger partial charge in [-0.2, -0.15) is 0 Å². The van der Waals surface area contributed by atoms with Gasteiger partial charge in [0, 0.05) is 25.1 Å². The van der Waals surface area contributed by atoms with Crippen molar-refractivity contribution >= 4 is 29.1 Å². The first-order valence-corrected chi connectivity index (χ1v) is 10.8. The van der Waals surface area contributed by atoms with Crippen molar-refractivity contribution in [3.05, 3.63) is 89.7 Å². The lowest BCUT2D eigenvalue weighted by molar-refractivity contribution is -0.122. The fourth-order valence-electron chi connectivity index (χ4n) is 3.93. The summed E-state index contributed by atoms with van der Waals surface area (Å²) < 4.78 is 19.4. The number of para-hydroxylation sites is 3. The number of methoxy groups -OCH3 is 1. The quantitative estimate of drug-likeness (QED) is 0.561. The second-order valence-corrected chi connectivity index (χ2v) is 7.89. The molecule has 7 nitrogen and oxygen atoms in total. The molecule has 174 valence electrons. The van der Waals surface area contributed by atoms with Gasteiger partial charge in [-0.05, 0) is 30.3 Å². The summed E-state index contributed by atoms with van der Waals surface area (Å²) in [6.45, 7) is 0.313. The van der Waals surface area contributed by atoms with Crippen molar-refractivity contribution in [2.45, 2.75) is 13.0 Å². The van der Waals surface area contributed by atoms with Gasteiger partial charge in [-0.3, -0.25) is 14.4 Å². The van der Waals surface area contributed by atoms with Crippen molar-refractivity contribution in [2.75, 3.05) is 23.9 Å². The van der Waals surface area contributed by atoms with E-state index in [-0.39, 0.29) is 37.0 Å². The lowest BCUT2D eigenvalue weighted by Crippen LogP contribution is -2.30. The van der Waals surface area contributed by atoms with Gasteiger partial charge in [-0.15, -0.1) is 0 Å². The molecule has 1 atom stereocenters. The van der Waals surface area contributed by atoms with Gasteiger partial charge in [0.1, 0.15) is 11.6 Å². The molecule has 4 rings (SSSR count). The monoisotopic (exact) mass is 461 g/mol. The van der Waals surface area contributed by atoms with Gasteiger partial charge in [-0.1, -0.05) is 42.5 Å². The molecule has 1 heterocycles. The Morgan fingerprint density at radius 3 is 2.53 bits per heavy atom. The van der Waals surface area contributed by atoms with Gasteiger partial charge in [0.25, 0.3) is 5.91 Å². The average molecular weight is 461 g/mol. The lowest BCUT2D eigenvalue weighted by atomic mass is 10.1. The number of hydrogen-bond acceptors (Lipinski definition) is 4. The normalized spacial score (nSPS) is 15.2. The zero-order valence-corrected chi connectivity index (χ0v) is 18.6. The highest BCUT2D eigenvalue weighted by molar-refractivity contribution is 6.07. The van der Waals surface area contributed by atoms with E-state index in [1.807, 2.05) is 24.3 Å². The summed E-state index contributed by atoms with van der Waals surface area (Å²) in [5, 5.41) is 5.60. The molecule has 0 aromatic heterocycles. The number of ether oxygens (including phenoxy) is 1. The Morgan fingerprint density at radius 2 is 1.74 bits per heavy atom. The van der Waals surface area contributed by atoms with Crippen molar-refractivity contribution < 1.29 is 23.5 Å². The van der Waals surface area contributed by atoms with Crippen LogP contribution in [0.5, 0.6) is 5.75 Å². The maximum Gasteiger partial charge on any atom is 0.253 e. The Balaban J connectivity index is 1.44. The van der Waals surface area contributed by atoms with Crippen molar-refractivity contribution in [2.24, 2.45) is 5.92 Å². The maximum atomic E-state index is 14.1. The average Bonchev–Trinajstić information content (AvgIpc) is 3.24. The van der Waals surface area contributed by atoms with E-state index in [9.17, 15) is 18.8 Å². The second kappa shape index (κ2) is 10.2. The molecule has 1 saturated heterocycles. The van der Waals surface area contributed by atoms with E-state index in [0.717, 1.165) is 5.56 Å². The minimum atomic E-state index is -0.670. The molecule has 1 aliphatic rings. The predicted molar refractivity (Wildman–Crippen MR) is 126 cm³/mol. The summed E-state index contributed by atoms with van der Waals surface area (Å²) in [7, 11) is 1.56. The summed E-state index contributed by atoms with van der Waals surface area (Å²) in [5.74, 6) is -1.62. The largest absolute Gasteiger partial charge is 0.496 e. The number of amides is 3. The maximum absolute atomic E-state index is 14.1. The molecule has 2 N–H and O–H groups in total. The molecule has 3 aromatic carbocycles. The van der Waals surface area contributed by atoms with Crippen LogP contribution in [-0.4, -0.2) is 31.4 Å². The van der Waals surface area contributed by atoms with Gasteiger partial charge in [-0.25, -0.2) is 4.39 Å². The summed E-state index contributed by atoms with van der Waals surface area (Å²) in [4.78, 5) is 39.5. The zero-order valence-electron chi connectivity index (χ0n) is 18.6. The molecular weight excluding hydrogens is 437 g/mol. The van der Waals surface area contributed by atoms with Crippen molar-refractivity contribution in [3.63, 3.8) is 0 Å². The molecule has 34 heavy (non-hydrogen) atoms. The number of carbonyl (C=O) groups is 3. The highest BCUT2D eigenvalue weighted by atomic mass is 19.1. The molecule has 3 amide bonds. The number of carbonyl (C=O) groups excluding carboxylic acids is 3. The Kier molecular flexibility index (Phi) is 6.87. The molecule has 1 aliphatic heterocycles. The molecule has 0 bridgehead atoms. The van der Waals surface area contributed by atoms with Crippen LogP contribution < -0.4 is 20.3 Å². The summed E-state index contributed by atoms with van der Waals surface area (Å²) >= 11 is 0. The van der Waals surface area contributed by atoms with Crippen LogP contribution in [0.15, 0.2) is 72.8 Å². The topological polar surface area (TPSA) is 87.7 Å².